The molecule has 3 aromatic rings. The van der Waals surface area contributed by atoms with Crippen LogP contribution in [0.25, 0.3) is 0 Å². The SMILES string of the molecule is COC(=O)CSCC=C(C)CCn1cc(CCOc2ccc(Oc3ccccc3)cc2)nn1. The highest BCUT2D eigenvalue weighted by Gasteiger charge is 2.04. The Kier molecular flexibility index (Phi) is 9.85. The minimum Gasteiger partial charge on any atom is -0.493 e. The molecule has 7 nitrogen and oxygen atoms in total. The second kappa shape index (κ2) is 13.3. The summed E-state index contributed by atoms with van der Waals surface area (Å²) < 4.78 is 18.1. The van der Waals surface area contributed by atoms with Gasteiger partial charge in [0.25, 0.3) is 0 Å². The van der Waals surface area contributed by atoms with E-state index in [9.17, 15) is 4.79 Å². The molecule has 0 atom stereocenters. The van der Waals surface area contributed by atoms with E-state index in [2.05, 4.69) is 28.0 Å². The van der Waals surface area contributed by atoms with Gasteiger partial charge in [-0.3, -0.25) is 9.48 Å². The van der Waals surface area contributed by atoms with Crippen molar-refractivity contribution in [2.45, 2.75) is 26.3 Å². The van der Waals surface area contributed by atoms with E-state index in [4.69, 9.17) is 9.47 Å². The number of methoxy groups -OCH3 is 1. The first-order chi connectivity index (χ1) is 16.1. The summed E-state index contributed by atoms with van der Waals surface area (Å²) in [5.74, 6) is 3.33. The van der Waals surface area contributed by atoms with Crippen molar-refractivity contribution >= 4 is 17.7 Å². The van der Waals surface area contributed by atoms with Gasteiger partial charge in [0.2, 0.25) is 0 Å². The zero-order valence-electron chi connectivity index (χ0n) is 19.0. The van der Waals surface area contributed by atoms with Crippen molar-refractivity contribution in [2.24, 2.45) is 0 Å². The van der Waals surface area contributed by atoms with Gasteiger partial charge < -0.3 is 14.2 Å². The Morgan fingerprint density at radius 1 is 1.06 bits per heavy atom. The fourth-order valence-electron chi connectivity index (χ4n) is 2.86. The number of nitrogens with zero attached hydrogens (tertiary/aromatic N) is 3. The third-order valence-corrected chi connectivity index (χ3v) is 5.59. The van der Waals surface area contributed by atoms with Gasteiger partial charge in [0, 0.05) is 24.9 Å². The second-order valence-corrected chi connectivity index (χ2v) is 8.38. The number of para-hydroxylation sites is 1. The van der Waals surface area contributed by atoms with Crippen LogP contribution in [0.1, 0.15) is 19.0 Å². The normalized spacial score (nSPS) is 11.3. The molecule has 3 rings (SSSR count). The standard InChI is InChI=1S/C25H29N3O4S/c1-20(14-17-33-19-25(29)30-2)12-15-28-18-21(26-27-28)13-16-31-22-8-10-24(11-9-22)32-23-6-4-3-5-7-23/h3-11,14,18H,12-13,15-17,19H2,1-2H3. The predicted octanol–water partition coefficient (Wildman–Crippen LogP) is 4.93. The molecule has 0 radical (unpaired) electrons. The maximum atomic E-state index is 11.1. The van der Waals surface area contributed by atoms with Crippen LogP contribution in [-0.2, 0) is 22.5 Å². The Bertz CT molecular complexity index is 1020. The summed E-state index contributed by atoms with van der Waals surface area (Å²) in [5.41, 5.74) is 2.15. The molecule has 0 aliphatic rings. The highest BCUT2D eigenvalue weighted by Crippen LogP contribution is 2.23. The summed E-state index contributed by atoms with van der Waals surface area (Å²) in [6, 6.07) is 17.2. The van der Waals surface area contributed by atoms with Gasteiger partial charge in [-0.15, -0.1) is 16.9 Å². The average molecular weight is 468 g/mol. The van der Waals surface area contributed by atoms with Gasteiger partial charge in [0.1, 0.15) is 17.2 Å². The molecule has 0 spiro atoms. The minimum absolute atomic E-state index is 0.195. The van der Waals surface area contributed by atoms with E-state index in [1.165, 1.54) is 12.7 Å². The lowest BCUT2D eigenvalue weighted by Crippen LogP contribution is -2.03. The van der Waals surface area contributed by atoms with Crippen molar-refractivity contribution in [1.82, 2.24) is 15.0 Å². The number of esters is 1. The van der Waals surface area contributed by atoms with E-state index in [0.717, 1.165) is 41.7 Å². The van der Waals surface area contributed by atoms with Crippen LogP contribution < -0.4 is 9.47 Å². The van der Waals surface area contributed by atoms with Crippen LogP contribution in [0.5, 0.6) is 17.2 Å². The highest BCUT2D eigenvalue weighted by molar-refractivity contribution is 8.00. The van der Waals surface area contributed by atoms with Crippen LogP contribution in [0.2, 0.25) is 0 Å². The van der Waals surface area contributed by atoms with Gasteiger partial charge in [0.15, 0.2) is 0 Å². The number of hydrogen-bond acceptors (Lipinski definition) is 7. The maximum absolute atomic E-state index is 11.1. The summed E-state index contributed by atoms with van der Waals surface area (Å²) in [6.07, 6.45) is 5.66. The summed E-state index contributed by atoms with van der Waals surface area (Å²) >= 11 is 1.54. The first kappa shape index (κ1) is 24.4. The number of benzene rings is 2. The number of carbonyl (C=O) groups excluding carboxylic acids is 1. The van der Waals surface area contributed by atoms with Gasteiger partial charge in [-0.1, -0.05) is 35.1 Å². The topological polar surface area (TPSA) is 75.5 Å². The third kappa shape index (κ3) is 9.02. The number of rotatable bonds is 13. The van der Waals surface area contributed by atoms with Crippen LogP contribution in [0.4, 0.5) is 0 Å². The average Bonchev–Trinajstić information content (AvgIpc) is 3.30. The fraction of sp³-hybridized carbons (Fsp3) is 0.320. The van der Waals surface area contributed by atoms with Gasteiger partial charge in [0.05, 0.1) is 25.2 Å². The highest BCUT2D eigenvalue weighted by atomic mass is 32.2. The molecule has 174 valence electrons. The lowest BCUT2D eigenvalue weighted by atomic mass is 10.2. The summed E-state index contributed by atoms with van der Waals surface area (Å²) in [4.78, 5) is 11.1. The largest absolute Gasteiger partial charge is 0.493 e. The Hall–Kier alpha value is -3.26. The quantitative estimate of drug-likeness (QED) is 0.200. The zero-order chi connectivity index (χ0) is 23.3. The number of aromatic nitrogens is 3. The molecule has 0 saturated carbocycles. The Morgan fingerprint density at radius 2 is 1.79 bits per heavy atom. The molecule has 1 aromatic heterocycles. The molecular weight excluding hydrogens is 438 g/mol. The number of allylic oxidation sites excluding steroid dienone is 1. The van der Waals surface area contributed by atoms with Crippen molar-refractivity contribution < 1.29 is 19.0 Å². The van der Waals surface area contributed by atoms with E-state index in [0.29, 0.717) is 18.8 Å². The molecule has 2 aromatic carbocycles. The van der Waals surface area contributed by atoms with E-state index < -0.39 is 0 Å². The smallest absolute Gasteiger partial charge is 0.315 e. The van der Waals surface area contributed by atoms with Crippen molar-refractivity contribution in [2.75, 3.05) is 25.2 Å². The molecule has 0 aliphatic heterocycles. The van der Waals surface area contributed by atoms with E-state index in [1.54, 1.807) is 11.8 Å². The monoisotopic (exact) mass is 467 g/mol. The van der Waals surface area contributed by atoms with E-state index >= 15 is 0 Å². The Labute approximate surface area is 198 Å². The molecule has 0 N–H and O–H groups in total. The molecule has 0 fully saturated rings. The molecule has 0 bridgehead atoms. The molecule has 33 heavy (non-hydrogen) atoms. The number of ether oxygens (including phenoxy) is 3. The predicted molar refractivity (Wildman–Crippen MR) is 130 cm³/mol. The van der Waals surface area contributed by atoms with Crippen LogP contribution in [0, 0.1) is 0 Å². The van der Waals surface area contributed by atoms with Crippen molar-refractivity contribution in [3.05, 3.63) is 78.1 Å². The van der Waals surface area contributed by atoms with Gasteiger partial charge in [-0.25, -0.2) is 0 Å². The van der Waals surface area contributed by atoms with Gasteiger partial charge in [-0.2, -0.15) is 0 Å². The fourth-order valence-corrected chi connectivity index (χ4v) is 3.66. The van der Waals surface area contributed by atoms with Gasteiger partial charge >= 0.3 is 5.97 Å². The van der Waals surface area contributed by atoms with Crippen LogP contribution >= 0.6 is 11.8 Å². The van der Waals surface area contributed by atoms with E-state index in [-0.39, 0.29) is 5.97 Å². The first-order valence-corrected chi connectivity index (χ1v) is 11.9. The molecule has 0 unspecified atom stereocenters. The number of hydrogen-bond donors (Lipinski definition) is 0. The molecular formula is C25H29N3O4S. The molecule has 8 heteroatoms. The summed E-state index contributed by atoms with van der Waals surface area (Å²) in [5, 5.41) is 8.43. The van der Waals surface area contributed by atoms with Crippen molar-refractivity contribution in [3.8, 4) is 17.2 Å². The first-order valence-electron chi connectivity index (χ1n) is 10.8. The van der Waals surface area contributed by atoms with Crippen LogP contribution in [0.3, 0.4) is 0 Å². The zero-order valence-corrected chi connectivity index (χ0v) is 19.8. The second-order valence-electron chi connectivity index (χ2n) is 7.35. The van der Waals surface area contributed by atoms with Gasteiger partial charge in [-0.05, 0) is 49.7 Å². The van der Waals surface area contributed by atoms with Crippen LogP contribution in [-0.4, -0.2) is 46.2 Å². The molecule has 0 amide bonds. The summed E-state index contributed by atoms with van der Waals surface area (Å²) in [7, 11) is 1.41. The number of aryl methyl sites for hydroxylation is 1. The summed E-state index contributed by atoms with van der Waals surface area (Å²) in [6.45, 7) is 3.37. The van der Waals surface area contributed by atoms with Crippen LogP contribution in [0.15, 0.2) is 72.4 Å². The Morgan fingerprint density at radius 3 is 2.55 bits per heavy atom. The van der Waals surface area contributed by atoms with E-state index in [1.807, 2.05) is 65.5 Å². The number of thioether (sulfide) groups is 1. The molecule has 1 heterocycles. The molecule has 0 saturated heterocycles. The molecule has 0 aliphatic carbocycles. The lowest BCUT2D eigenvalue weighted by Gasteiger charge is -2.08. The number of carbonyl (C=O) groups is 1. The van der Waals surface area contributed by atoms with Crippen molar-refractivity contribution in [3.63, 3.8) is 0 Å². The Balaban J connectivity index is 1.34. The van der Waals surface area contributed by atoms with Crippen molar-refractivity contribution in [1.29, 1.82) is 0 Å². The minimum atomic E-state index is -0.195. The maximum Gasteiger partial charge on any atom is 0.315 e. The third-order valence-electron chi connectivity index (χ3n) is 4.75. The lowest BCUT2D eigenvalue weighted by molar-refractivity contribution is -0.137.